The number of hydrogen-bond donors (Lipinski definition) is 3. The normalized spacial score (nSPS) is 12.9. The maximum atomic E-state index is 13.0. The van der Waals surface area contributed by atoms with Gasteiger partial charge in [0.15, 0.2) is 12.6 Å². The lowest BCUT2D eigenvalue weighted by atomic mass is 10.0. The van der Waals surface area contributed by atoms with Gasteiger partial charge in [-0.15, -0.1) is 21.5 Å². The van der Waals surface area contributed by atoms with Gasteiger partial charge in [-0.25, -0.2) is 4.79 Å². The molecular weight excluding hydrogens is 390 g/mol. The van der Waals surface area contributed by atoms with Crippen LogP contribution in [0.5, 0.6) is 0 Å². The molecule has 29 heavy (non-hydrogen) atoms. The van der Waals surface area contributed by atoms with Crippen LogP contribution in [0.25, 0.3) is 10.8 Å². The minimum absolute atomic E-state index is 0.368. The van der Waals surface area contributed by atoms with E-state index < -0.39 is 12.1 Å². The number of imide groups is 1. The summed E-state index contributed by atoms with van der Waals surface area (Å²) < 4.78 is 5.83. The molecule has 3 aromatic rings. The second kappa shape index (κ2) is 9.94. The number of thiophene rings is 1. The van der Waals surface area contributed by atoms with Gasteiger partial charge in [-0.2, -0.15) is 0 Å². The highest BCUT2D eigenvalue weighted by molar-refractivity contribution is 7.13. The fourth-order valence-electron chi connectivity index (χ4n) is 3.14. The Morgan fingerprint density at radius 2 is 1.97 bits per heavy atom. The molecule has 3 rings (SSSR count). The Balaban J connectivity index is 1.87. The molecule has 3 N–H and O–H groups in total. The van der Waals surface area contributed by atoms with Gasteiger partial charge >= 0.3 is 6.03 Å². The fourth-order valence-corrected chi connectivity index (χ4v) is 3.78. The third-order valence-electron chi connectivity index (χ3n) is 4.42. The fraction of sp³-hybridized carbons (Fsp3) is 0.300. The first kappa shape index (κ1) is 20.7. The van der Waals surface area contributed by atoms with Crippen LogP contribution in [-0.4, -0.2) is 35.7 Å². The molecule has 0 saturated heterocycles. The van der Waals surface area contributed by atoms with Crippen molar-refractivity contribution in [3.8, 4) is 10.8 Å². The third kappa shape index (κ3) is 5.27. The zero-order valence-electron chi connectivity index (χ0n) is 16.3. The van der Waals surface area contributed by atoms with Gasteiger partial charge in [0.05, 0.1) is 11.4 Å². The quantitative estimate of drug-likeness (QED) is 0.522. The number of carbonyl (C=O) groups excluding carboxylic acids is 2. The van der Waals surface area contributed by atoms with Crippen molar-refractivity contribution >= 4 is 23.3 Å². The first-order chi connectivity index (χ1) is 14.1. The molecule has 0 spiro atoms. The van der Waals surface area contributed by atoms with E-state index in [0.717, 1.165) is 21.8 Å². The Morgan fingerprint density at radius 3 is 2.62 bits per heavy atom. The van der Waals surface area contributed by atoms with Crippen LogP contribution in [0.4, 0.5) is 4.79 Å². The summed E-state index contributed by atoms with van der Waals surface area (Å²) in [6.45, 7) is 3.11. The zero-order valence-corrected chi connectivity index (χ0v) is 17.2. The van der Waals surface area contributed by atoms with E-state index in [1.54, 1.807) is 0 Å². The summed E-state index contributed by atoms with van der Waals surface area (Å²) in [6, 6.07) is 12.1. The first-order valence-electron chi connectivity index (χ1n) is 9.40. The van der Waals surface area contributed by atoms with Crippen LogP contribution in [-0.2, 0) is 11.3 Å². The van der Waals surface area contributed by atoms with Crippen molar-refractivity contribution in [3.63, 3.8) is 0 Å². The third-order valence-corrected chi connectivity index (χ3v) is 5.27. The topological polar surface area (TPSA) is 102 Å². The molecule has 2 atom stereocenters. The van der Waals surface area contributed by atoms with E-state index in [0.29, 0.717) is 24.9 Å². The smallest absolute Gasteiger partial charge is 0.321 e. The highest BCUT2D eigenvalue weighted by Crippen LogP contribution is 2.22. The van der Waals surface area contributed by atoms with Crippen LogP contribution in [0.15, 0.2) is 52.3 Å². The molecule has 0 aliphatic rings. The Labute approximate surface area is 172 Å². The highest BCUT2D eigenvalue weighted by atomic mass is 32.1. The number of amides is 3. The van der Waals surface area contributed by atoms with Gasteiger partial charge in [-0.1, -0.05) is 43.3 Å². The SMILES string of the molecule is CCC[NH+](Cc1nnc(-c2cccs2)o1)[C@@H](C(=O)NC(=O)NC)c1ccccc1. The first-order valence-corrected chi connectivity index (χ1v) is 10.3. The molecule has 2 aromatic heterocycles. The van der Waals surface area contributed by atoms with Crippen molar-refractivity contribution in [2.45, 2.75) is 25.9 Å². The molecule has 152 valence electrons. The van der Waals surface area contributed by atoms with Crippen molar-refractivity contribution in [1.82, 2.24) is 20.8 Å². The molecule has 0 aliphatic heterocycles. The number of hydrogen-bond acceptors (Lipinski definition) is 6. The second-order valence-electron chi connectivity index (χ2n) is 6.48. The molecule has 0 fully saturated rings. The minimum atomic E-state index is -0.592. The molecule has 8 nitrogen and oxygen atoms in total. The van der Waals surface area contributed by atoms with Gasteiger partial charge in [0.2, 0.25) is 0 Å². The van der Waals surface area contributed by atoms with Gasteiger partial charge in [-0.3, -0.25) is 10.1 Å². The summed E-state index contributed by atoms with van der Waals surface area (Å²) in [4.78, 5) is 26.5. The number of benzene rings is 1. The van der Waals surface area contributed by atoms with E-state index in [2.05, 4.69) is 20.8 Å². The average molecular weight is 415 g/mol. The average Bonchev–Trinajstić information content (AvgIpc) is 3.41. The molecule has 0 saturated carbocycles. The lowest BCUT2D eigenvalue weighted by Crippen LogP contribution is -3.12. The minimum Gasteiger partial charge on any atom is -0.414 e. The summed E-state index contributed by atoms with van der Waals surface area (Å²) in [5, 5.41) is 15.1. The Bertz CT molecular complexity index is 927. The van der Waals surface area contributed by atoms with Crippen molar-refractivity contribution in [3.05, 3.63) is 59.3 Å². The second-order valence-corrected chi connectivity index (χ2v) is 7.42. The van der Waals surface area contributed by atoms with E-state index in [-0.39, 0.29) is 5.91 Å². The van der Waals surface area contributed by atoms with Crippen LogP contribution in [0, 0.1) is 0 Å². The number of rotatable bonds is 8. The van der Waals surface area contributed by atoms with Crippen LogP contribution >= 0.6 is 11.3 Å². The molecule has 0 radical (unpaired) electrons. The van der Waals surface area contributed by atoms with E-state index in [1.165, 1.54) is 18.4 Å². The van der Waals surface area contributed by atoms with Gasteiger partial charge in [-0.05, 0) is 17.9 Å². The van der Waals surface area contributed by atoms with Crippen LogP contribution < -0.4 is 15.5 Å². The molecular formula is C20H24N5O3S+. The summed E-state index contributed by atoms with van der Waals surface area (Å²) in [6.07, 6.45) is 0.845. The number of quaternary nitrogens is 1. The van der Waals surface area contributed by atoms with E-state index in [9.17, 15) is 9.59 Å². The number of aromatic nitrogens is 2. The monoisotopic (exact) mass is 414 g/mol. The Kier molecular flexibility index (Phi) is 7.09. The Morgan fingerprint density at radius 1 is 1.17 bits per heavy atom. The predicted molar refractivity (Wildman–Crippen MR) is 109 cm³/mol. The summed E-state index contributed by atoms with van der Waals surface area (Å²) in [5.41, 5.74) is 0.815. The number of nitrogens with one attached hydrogen (secondary N) is 3. The largest absolute Gasteiger partial charge is 0.414 e. The maximum absolute atomic E-state index is 13.0. The number of carbonyl (C=O) groups is 2. The molecule has 9 heteroatoms. The van der Waals surface area contributed by atoms with Crippen LogP contribution in [0.2, 0.25) is 0 Å². The standard InChI is InChI=1S/C20H23N5O3S/c1-3-11-25(13-16-23-24-19(28-16)15-10-7-12-29-15)17(14-8-5-4-6-9-14)18(26)22-20(27)21-2/h4-10,12,17H,3,11,13H2,1-2H3,(H2,21,22,26,27)/p+1/t17-/m1/s1. The Hall–Kier alpha value is -3.04. The van der Waals surface area contributed by atoms with E-state index in [4.69, 9.17) is 4.42 Å². The summed E-state index contributed by atoms with van der Waals surface area (Å²) in [5.74, 6) is 0.541. The van der Waals surface area contributed by atoms with Crippen molar-refractivity contribution in [2.75, 3.05) is 13.6 Å². The van der Waals surface area contributed by atoms with Gasteiger partial charge in [0.1, 0.15) is 0 Å². The van der Waals surface area contributed by atoms with Crippen molar-refractivity contribution in [1.29, 1.82) is 0 Å². The van der Waals surface area contributed by atoms with Crippen LogP contribution in [0.1, 0.15) is 30.8 Å². The lowest BCUT2D eigenvalue weighted by molar-refractivity contribution is -0.936. The molecule has 1 aromatic carbocycles. The number of urea groups is 1. The van der Waals surface area contributed by atoms with E-state index >= 15 is 0 Å². The van der Waals surface area contributed by atoms with Crippen molar-refractivity contribution < 1.29 is 18.9 Å². The van der Waals surface area contributed by atoms with Crippen molar-refractivity contribution in [2.24, 2.45) is 0 Å². The molecule has 0 bridgehead atoms. The lowest BCUT2D eigenvalue weighted by Gasteiger charge is -2.26. The van der Waals surface area contributed by atoms with Crippen LogP contribution in [0.3, 0.4) is 0 Å². The molecule has 0 aliphatic carbocycles. The predicted octanol–water partition coefficient (Wildman–Crippen LogP) is 1.79. The van der Waals surface area contributed by atoms with Gasteiger partial charge in [0, 0.05) is 12.6 Å². The van der Waals surface area contributed by atoms with Gasteiger partial charge in [0.25, 0.3) is 17.7 Å². The number of nitrogens with zero attached hydrogens (tertiary/aromatic N) is 2. The summed E-state index contributed by atoms with van der Waals surface area (Å²) >= 11 is 1.52. The van der Waals surface area contributed by atoms with E-state index in [1.807, 2.05) is 54.8 Å². The highest BCUT2D eigenvalue weighted by Gasteiger charge is 2.33. The van der Waals surface area contributed by atoms with Gasteiger partial charge < -0.3 is 14.6 Å². The molecule has 1 unspecified atom stereocenters. The zero-order chi connectivity index (χ0) is 20.6. The molecule has 2 heterocycles. The maximum Gasteiger partial charge on any atom is 0.321 e. The molecule has 3 amide bonds. The summed E-state index contributed by atoms with van der Waals surface area (Å²) in [7, 11) is 1.47.